The van der Waals surface area contributed by atoms with E-state index in [9.17, 15) is 0 Å². The number of rotatable bonds is 5. The molecule has 5 heteroatoms. The Balaban J connectivity index is 1.05. The van der Waals surface area contributed by atoms with Gasteiger partial charge in [0, 0.05) is 50.4 Å². The Morgan fingerprint density at radius 1 is 0.630 bits per heavy atom. The first-order chi connectivity index (χ1) is 26.3. The van der Waals surface area contributed by atoms with Gasteiger partial charge in [-0.3, -0.25) is 4.99 Å². The largest absolute Gasteiger partial charge is 0.317 e. The zero-order valence-electron chi connectivity index (χ0n) is 31.0. The van der Waals surface area contributed by atoms with E-state index in [2.05, 4.69) is 160 Å². The normalized spacial score (nSPS) is 21.2. The third kappa shape index (κ3) is 5.06. The molecule has 0 fully saturated rings. The SMILES string of the molecule is CC1C=C(c2nc(C3=CCC(C)(c4ccccc4)C=C3)nc(-c3ccccc3)n2)C=NC1n1c2ccccc2c2cc3c(cc21)C(C)(C)c1ccccc1-3. The highest BCUT2D eigenvalue weighted by atomic mass is 15.1. The van der Waals surface area contributed by atoms with E-state index in [0.29, 0.717) is 17.5 Å². The van der Waals surface area contributed by atoms with Crippen LogP contribution < -0.4 is 0 Å². The minimum absolute atomic E-state index is 0.0724. The van der Waals surface area contributed by atoms with Crippen molar-refractivity contribution >= 4 is 39.2 Å². The zero-order valence-corrected chi connectivity index (χ0v) is 31.0. The number of hydrogen-bond donors (Lipinski definition) is 0. The van der Waals surface area contributed by atoms with Crippen molar-refractivity contribution in [2.75, 3.05) is 0 Å². The summed E-state index contributed by atoms with van der Waals surface area (Å²) in [5.41, 5.74) is 11.8. The van der Waals surface area contributed by atoms with Gasteiger partial charge in [-0.05, 0) is 52.4 Å². The molecule has 5 nitrogen and oxygen atoms in total. The molecule has 0 saturated carbocycles. The molecule has 1 aliphatic heterocycles. The summed E-state index contributed by atoms with van der Waals surface area (Å²) in [7, 11) is 0. The second-order valence-electron chi connectivity index (χ2n) is 15.8. The van der Waals surface area contributed by atoms with Gasteiger partial charge in [-0.15, -0.1) is 0 Å². The summed E-state index contributed by atoms with van der Waals surface area (Å²) in [6.45, 7) is 9.24. The summed E-state index contributed by atoms with van der Waals surface area (Å²) >= 11 is 0. The Bertz CT molecular complexity index is 2750. The molecule has 54 heavy (non-hydrogen) atoms. The van der Waals surface area contributed by atoms with Crippen molar-refractivity contribution in [2.24, 2.45) is 10.9 Å². The molecule has 2 aliphatic carbocycles. The van der Waals surface area contributed by atoms with Crippen LogP contribution in [0, 0.1) is 5.92 Å². The van der Waals surface area contributed by atoms with Crippen LogP contribution in [0.3, 0.4) is 0 Å². The number of dihydropyridines is 1. The van der Waals surface area contributed by atoms with Gasteiger partial charge in [-0.1, -0.05) is 155 Å². The first-order valence-electron chi connectivity index (χ1n) is 19.0. The highest BCUT2D eigenvalue weighted by Gasteiger charge is 2.37. The fourth-order valence-electron chi connectivity index (χ4n) is 8.90. The molecule has 3 aliphatic rings. The van der Waals surface area contributed by atoms with E-state index in [1.807, 2.05) is 24.4 Å². The van der Waals surface area contributed by atoms with E-state index in [1.54, 1.807) is 0 Å². The predicted octanol–water partition coefficient (Wildman–Crippen LogP) is 11.6. The van der Waals surface area contributed by atoms with E-state index in [1.165, 1.54) is 49.6 Å². The minimum Gasteiger partial charge on any atom is -0.317 e. The smallest absolute Gasteiger partial charge is 0.165 e. The number of benzene rings is 5. The van der Waals surface area contributed by atoms with Gasteiger partial charge in [0.05, 0.1) is 11.0 Å². The third-order valence-electron chi connectivity index (χ3n) is 12.0. The van der Waals surface area contributed by atoms with E-state index in [-0.39, 0.29) is 22.9 Å². The average Bonchev–Trinajstić information content (AvgIpc) is 3.65. The molecular formula is C49H41N5. The first-order valence-corrected chi connectivity index (χ1v) is 19.0. The molecule has 0 N–H and O–H groups in total. The Morgan fingerprint density at radius 2 is 1.31 bits per heavy atom. The quantitative estimate of drug-likeness (QED) is 0.180. The summed E-state index contributed by atoms with van der Waals surface area (Å²) in [6.07, 6.45) is 11.7. The Hall–Kier alpha value is -6.20. The Labute approximate surface area is 316 Å². The van der Waals surface area contributed by atoms with Crippen molar-refractivity contribution in [3.63, 3.8) is 0 Å². The van der Waals surface area contributed by atoms with Crippen LogP contribution in [0.15, 0.2) is 151 Å². The van der Waals surface area contributed by atoms with Gasteiger partial charge in [-0.25, -0.2) is 15.0 Å². The van der Waals surface area contributed by atoms with E-state index in [4.69, 9.17) is 19.9 Å². The van der Waals surface area contributed by atoms with Crippen LogP contribution in [0.25, 0.3) is 55.5 Å². The molecule has 10 rings (SSSR count). The second kappa shape index (κ2) is 12.2. The molecule has 0 radical (unpaired) electrons. The maximum absolute atomic E-state index is 5.32. The number of aromatic nitrogens is 4. The molecular weight excluding hydrogens is 659 g/mol. The molecule has 3 heterocycles. The van der Waals surface area contributed by atoms with Crippen LogP contribution in [-0.4, -0.2) is 25.7 Å². The number of nitrogens with zero attached hydrogens (tertiary/aromatic N) is 5. The molecule has 0 saturated heterocycles. The second-order valence-corrected chi connectivity index (χ2v) is 15.8. The lowest BCUT2D eigenvalue weighted by molar-refractivity contribution is 0.446. The summed E-state index contributed by atoms with van der Waals surface area (Å²) < 4.78 is 2.45. The van der Waals surface area contributed by atoms with Crippen molar-refractivity contribution in [1.29, 1.82) is 0 Å². The molecule has 0 spiro atoms. The predicted molar refractivity (Wildman–Crippen MR) is 222 cm³/mol. The number of fused-ring (bicyclic) bond motifs is 6. The summed E-state index contributed by atoms with van der Waals surface area (Å²) in [5, 5.41) is 2.52. The molecule has 262 valence electrons. The van der Waals surface area contributed by atoms with Crippen LogP contribution in [0.2, 0.25) is 0 Å². The molecule has 3 unspecified atom stereocenters. The monoisotopic (exact) mass is 699 g/mol. The lowest BCUT2D eigenvalue weighted by Gasteiger charge is -2.28. The van der Waals surface area contributed by atoms with Gasteiger partial charge in [0.25, 0.3) is 0 Å². The first kappa shape index (κ1) is 32.5. The van der Waals surface area contributed by atoms with Gasteiger partial charge >= 0.3 is 0 Å². The zero-order chi connectivity index (χ0) is 36.6. The number of hydrogen-bond acceptors (Lipinski definition) is 4. The standard InChI is InChI=1S/C49H41N5/c1-31-27-34(46-52-44(32-15-7-5-8-16-32)51-45(53-46)33-23-25-49(4,26-24-33)35-17-9-6-10-18-35)30-50-47(31)54-42-22-14-12-20-37(42)39-28-38-36-19-11-13-21-40(36)48(2,3)41(38)29-43(39)54/h5-25,27-31,47H,26H2,1-4H3. The van der Waals surface area contributed by atoms with E-state index < -0.39 is 0 Å². The lowest BCUT2D eigenvalue weighted by atomic mass is 9.76. The number of para-hydroxylation sites is 1. The molecule has 2 aromatic heterocycles. The maximum Gasteiger partial charge on any atom is 0.165 e. The van der Waals surface area contributed by atoms with Crippen LogP contribution in [0.4, 0.5) is 0 Å². The third-order valence-corrected chi connectivity index (χ3v) is 12.0. The minimum atomic E-state index is -0.129. The van der Waals surface area contributed by atoms with Crippen molar-refractivity contribution in [1.82, 2.24) is 19.5 Å². The van der Waals surface area contributed by atoms with Gasteiger partial charge in [-0.2, -0.15) is 0 Å². The molecule has 3 atom stereocenters. The fourth-order valence-corrected chi connectivity index (χ4v) is 8.90. The van der Waals surface area contributed by atoms with Crippen molar-refractivity contribution < 1.29 is 0 Å². The fraction of sp³-hybridized carbons (Fsp3) is 0.184. The Kier molecular flexibility index (Phi) is 7.32. The van der Waals surface area contributed by atoms with Crippen molar-refractivity contribution in [2.45, 2.75) is 51.1 Å². The Morgan fingerprint density at radius 3 is 2.07 bits per heavy atom. The summed E-state index contributed by atoms with van der Waals surface area (Å²) in [4.78, 5) is 20.5. The van der Waals surface area contributed by atoms with Gasteiger partial charge in [0.2, 0.25) is 0 Å². The maximum atomic E-state index is 5.32. The average molecular weight is 700 g/mol. The topological polar surface area (TPSA) is 56.0 Å². The van der Waals surface area contributed by atoms with E-state index >= 15 is 0 Å². The van der Waals surface area contributed by atoms with Crippen molar-refractivity contribution in [3.05, 3.63) is 174 Å². The molecule has 7 aromatic rings. The van der Waals surface area contributed by atoms with Crippen molar-refractivity contribution in [3.8, 4) is 22.5 Å². The van der Waals surface area contributed by atoms with Crippen LogP contribution in [-0.2, 0) is 10.8 Å². The number of allylic oxidation sites excluding steroid dienone is 5. The highest BCUT2D eigenvalue weighted by molar-refractivity contribution is 6.12. The molecule has 0 amide bonds. The summed E-state index contributed by atoms with van der Waals surface area (Å²) in [6, 6.07) is 43.4. The lowest BCUT2D eigenvalue weighted by Crippen LogP contribution is -2.20. The number of aliphatic imine (C=N–C) groups is 1. The van der Waals surface area contributed by atoms with Crippen LogP contribution in [0.1, 0.15) is 68.6 Å². The molecule has 5 aromatic carbocycles. The van der Waals surface area contributed by atoms with Gasteiger partial charge < -0.3 is 4.57 Å². The summed E-state index contributed by atoms with van der Waals surface area (Å²) in [5.74, 6) is 2.04. The highest BCUT2D eigenvalue weighted by Crippen LogP contribution is 2.51. The van der Waals surface area contributed by atoms with Crippen LogP contribution in [0.5, 0.6) is 0 Å². The van der Waals surface area contributed by atoms with E-state index in [0.717, 1.165) is 23.1 Å². The molecule has 0 bridgehead atoms. The van der Waals surface area contributed by atoms with Gasteiger partial charge in [0.1, 0.15) is 6.17 Å². The van der Waals surface area contributed by atoms with Crippen LogP contribution >= 0.6 is 0 Å². The van der Waals surface area contributed by atoms with Gasteiger partial charge in [0.15, 0.2) is 17.5 Å².